The average Bonchev–Trinajstić information content (AvgIpc) is 2.23. The van der Waals surface area contributed by atoms with Crippen LogP contribution in [0.3, 0.4) is 0 Å². The molecule has 0 aromatic carbocycles. The molecule has 0 radical (unpaired) electrons. The van der Waals surface area contributed by atoms with Gasteiger partial charge in [0.05, 0.1) is 26.1 Å². The van der Waals surface area contributed by atoms with Crippen LogP contribution >= 0.6 is 0 Å². The van der Waals surface area contributed by atoms with E-state index < -0.39 is 11.8 Å². The van der Waals surface area contributed by atoms with Crippen molar-refractivity contribution in [2.45, 2.75) is 26.7 Å². The van der Waals surface area contributed by atoms with Crippen molar-refractivity contribution in [2.24, 2.45) is 11.8 Å². The highest BCUT2D eigenvalue weighted by Crippen LogP contribution is 2.22. The van der Waals surface area contributed by atoms with Gasteiger partial charge in [-0.3, -0.25) is 9.59 Å². The maximum Gasteiger partial charge on any atom is 0.309 e. The minimum absolute atomic E-state index is 0.343. The van der Waals surface area contributed by atoms with E-state index in [0.717, 1.165) is 0 Å². The van der Waals surface area contributed by atoms with Gasteiger partial charge in [0, 0.05) is 0 Å². The van der Waals surface area contributed by atoms with E-state index in [-0.39, 0.29) is 11.9 Å². The van der Waals surface area contributed by atoms with Crippen LogP contribution in [-0.4, -0.2) is 26.2 Å². The lowest BCUT2D eigenvalue weighted by molar-refractivity contribution is -0.157. The number of hydrogen-bond acceptors (Lipinski definition) is 4. The Morgan fingerprint density at radius 2 is 1.21 bits per heavy atom. The molecule has 0 saturated carbocycles. The van der Waals surface area contributed by atoms with E-state index in [9.17, 15) is 9.59 Å². The molecular weight excluding hydrogens is 184 g/mol. The molecule has 0 bridgehead atoms. The van der Waals surface area contributed by atoms with Crippen molar-refractivity contribution in [1.82, 2.24) is 0 Å². The summed E-state index contributed by atoms with van der Waals surface area (Å²) in [5.74, 6) is -1.47. The van der Waals surface area contributed by atoms with E-state index in [4.69, 9.17) is 0 Å². The summed E-state index contributed by atoms with van der Waals surface area (Å²) in [6.07, 6.45) is 1.17. The van der Waals surface area contributed by atoms with Gasteiger partial charge in [0.2, 0.25) is 0 Å². The quantitative estimate of drug-likeness (QED) is 0.632. The van der Waals surface area contributed by atoms with Gasteiger partial charge in [0.15, 0.2) is 0 Å². The zero-order valence-corrected chi connectivity index (χ0v) is 9.20. The Bertz CT molecular complexity index is 178. The van der Waals surface area contributed by atoms with Gasteiger partial charge in [-0.2, -0.15) is 0 Å². The van der Waals surface area contributed by atoms with Crippen LogP contribution in [0.2, 0.25) is 0 Å². The van der Waals surface area contributed by atoms with Crippen LogP contribution in [0.15, 0.2) is 0 Å². The smallest absolute Gasteiger partial charge is 0.309 e. The van der Waals surface area contributed by atoms with Gasteiger partial charge in [0.25, 0.3) is 0 Å². The molecule has 0 heterocycles. The molecular formula is C10H18O4. The molecule has 0 aromatic heterocycles. The summed E-state index contributed by atoms with van der Waals surface area (Å²) < 4.78 is 9.27. The minimum Gasteiger partial charge on any atom is -0.469 e. The molecule has 0 aromatic rings. The highest BCUT2D eigenvalue weighted by atomic mass is 16.5. The fourth-order valence-electron chi connectivity index (χ4n) is 1.53. The van der Waals surface area contributed by atoms with Gasteiger partial charge < -0.3 is 9.47 Å². The number of ether oxygens (including phenoxy) is 2. The van der Waals surface area contributed by atoms with Crippen LogP contribution in [0.4, 0.5) is 0 Å². The highest BCUT2D eigenvalue weighted by molar-refractivity contribution is 5.81. The van der Waals surface area contributed by atoms with Crippen molar-refractivity contribution < 1.29 is 19.1 Å². The molecule has 4 nitrogen and oxygen atoms in total. The molecule has 0 saturated heterocycles. The van der Waals surface area contributed by atoms with Gasteiger partial charge in [-0.05, 0) is 12.8 Å². The Morgan fingerprint density at radius 1 is 0.929 bits per heavy atom. The summed E-state index contributed by atoms with van der Waals surface area (Å²) >= 11 is 0. The van der Waals surface area contributed by atoms with Crippen molar-refractivity contribution >= 4 is 11.9 Å². The van der Waals surface area contributed by atoms with E-state index in [1.807, 2.05) is 13.8 Å². The summed E-state index contributed by atoms with van der Waals surface area (Å²) in [6, 6.07) is 0. The molecule has 82 valence electrons. The summed E-state index contributed by atoms with van der Waals surface area (Å²) in [6.45, 7) is 3.71. The Hall–Kier alpha value is -1.06. The molecule has 0 aliphatic carbocycles. The Labute approximate surface area is 84.6 Å². The zero-order valence-electron chi connectivity index (χ0n) is 9.20. The largest absolute Gasteiger partial charge is 0.469 e. The predicted molar refractivity (Wildman–Crippen MR) is 51.6 cm³/mol. The number of carbonyl (C=O) groups is 2. The van der Waals surface area contributed by atoms with E-state index in [1.54, 1.807) is 0 Å². The summed E-state index contributed by atoms with van der Waals surface area (Å²) in [5.41, 5.74) is 0. The third-order valence-electron chi connectivity index (χ3n) is 2.37. The molecule has 1 unspecified atom stereocenters. The van der Waals surface area contributed by atoms with Crippen LogP contribution < -0.4 is 0 Å². The van der Waals surface area contributed by atoms with Crippen molar-refractivity contribution in [3.8, 4) is 0 Å². The third kappa shape index (κ3) is 3.01. The van der Waals surface area contributed by atoms with Crippen molar-refractivity contribution in [1.29, 1.82) is 0 Å². The average molecular weight is 202 g/mol. The fourth-order valence-corrected chi connectivity index (χ4v) is 1.53. The fraction of sp³-hybridized carbons (Fsp3) is 0.800. The normalized spacial score (nSPS) is 14.3. The number of esters is 2. The molecule has 4 heteroatoms. The lowest BCUT2D eigenvalue weighted by Crippen LogP contribution is -2.30. The van der Waals surface area contributed by atoms with Crippen molar-refractivity contribution in [2.75, 3.05) is 14.2 Å². The number of methoxy groups -OCH3 is 2. The van der Waals surface area contributed by atoms with E-state index >= 15 is 0 Å². The van der Waals surface area contributed by atoms with E-state index in [0.29, 0.717) is 12.8 Å². The van der Waals surface area contributed by atoms with E-state index in [2.05, 4.69) is 9.47 Å². The van der Waals surface area contributed by atoms with Gasteiger partial charge >= 0.3 is 11.9 Å². The van der Waals surface area contributed by atoms with Gasteiger partial charge in [-0.15, -0.1) is 0 Å². The first-order valence-electron chi connectivity index (χ1n) is 4.77. The maximum atomic E-state index is 11.3. The van der Waals surface area contributed by atoms with Crippen LogP contribution in [0.1, 0.15) is 26.7 Å². The Morgan fingerprint density at radius 3 is 1.36 bits per heavy atom. The van der Waals surface area contributed by atoms with Crippen molar-refractivity contribution in [3.63, 3.8) is 0 Å². The van der Waals surface area contributed by atoms with Crippen LogP contribution in [0, 0.1) is 11.8 Å². The molecule has 0 N–H and O–H groups in total. The highest BCUT2D eigenvalue weighted by Gasteiger charge is 2.32. The lowest BCUT2D eigenvalue weighted by atomic mass is 9.88. The van der Waals surface area contributed by atoms with Gasteiger partial charge in [-0.25, -0.2) is 0 Å². The number of carbonyl (C=O) groups excluding carboxylic acids is 2. The summed E-state index contributed by atoms with van der Waals surface area (Å²) in [5, 5.41) is 0. The Kier molecular flexibility index (Phi) is 5.92. The summed E-state index contributed by atoms with van der Waals surface area (Å²) in [7, 11) is 2.66. The molecule has 2 atom stereocenters. The minimum atomic E-state index is -0.391. The molecule has 0 aliphatic rings. The zero-order chi connectivity index (χ0) is 11.1. The van der Waals surface area contributed by atoms with Crippen LogP contribution in [0.5, 0.6) is 0 Å². The maximum absolute atomic E-state index is 11.3. The predicted octanol–water partition coefficient (Wildman–Crippen LogP) is 1.38. The molecule has 0 aliphatic heterocycles. The van der Waals surface area contributed by atoms with Gasteiger partial charge in [0.1, 0.15) is 0 Å². The van der Waals surface area contributed by atoms with Crippen molar-refractivity contribution in [3.05, 3.63) is 0 Å². The first-order chi connectivity index (χ1) is 6.62. The van der Waals surface area contributed by atoms with Gasteiger partial charge in [-0.1, -0.05) is 13.8 Å². The molecule has 14 heavy (non-hydrogen) atoms. The topological polar surface area (TPSA) is 52.6 Å². The van der Waals surface area contributed by atoms with E-state index in [1.165, 1.54) is 14.2 Å². The molecule has 0 rings (SSSR count). The number of hydrogen-bond donors (Lipinski definition) is 0. The second kappa shape index (κ2) is 6.40. The monoisotopic (exact) mass is 202 g/mol. The molecule has 0 amide bonds. The van der Waals surface area contributed by atoms with Crippen LogP contribution in [0.25, 0.3) is 0 Å². The van der Waals surface area contributed by atoms with Crippen LogP contribution in [-0.2, 0) is 19.1 Å². The first-order valence-corrected chi connectivity index (χ1v) is 4.77. The molecule has 0 spiro atoms. The second-order valence-electron chi connectivity index (χ2n) is 3.08. The lowest BCUT2D eigenvalue weighted by Gasteiger charge is -2.20. The molecule has 0 fully saturated rings. The SMILES string of the molecule is CCC(C(=O)OC)[C@H](CC)C(=O)OC. The third-order valence-corrected chi connectivity index (χ3v) is 2.37. The summed E-state index contributed by atoms with van der Waals surface area (Å²) in [4.78, 5) is 22.7. The Balaban J connectivity index is 4.60. The number of rotatable bonds is 5. The standard InChI is InChI=1S/C10H18O4/c1-5-7(9(11)13-3)8(6-2)10(12)14-4/h7-8H,5-6H2,1-4H3/t7-,8?/m0/s1. The first kappa shape index (κ1) is 12.9. The second-order valence-corrected chi connectivity index (χ2v) is 3.08.